The van der Waals surface area contributed by atoms with Gasteiger partial charge in [0.15, 0.2) is 5.76 Å². The number of aliphatic hydroxyl groups is 1. The van der Waals surface area contributed by atoms with E-state index >= 15 is 0 Å². The average Bonchev–Trinajstić information content (AvgIpc) is 3.07. The normalized spacial score (nSPS) is 22.5. The van der Waals surface area contributed by atoms with Crippen molar-refractivity contribution in [3.05, 3.63) is 42.4 Å². The van der Waals surface area contributed by atoms with E-state index in [4.69, 9.17) is 9.52 Å². The highest BCUT2D eigenvalue weighted by Gasteiger charge is 2.36. The Hall–Kier alpha value is -2.18. The van der Waals surface area contributed by atoms with Gasteiger partial charge in [0.2, 0.25) is 5.89 Å². The van der Waals surface area contributed by atoms with Crippen LogP contribution in [0.1, 0.15) is 12.3 Å². The Morgan fingerprint density at radius 1 is 1.38 bits per heavy atom. The highest BCUT2D eigenvalue weighted by Crippen LogP contribution is 2.24. The third-order valence-corrected chi connectivity index (χ3v) is 3.62. The Labute approximate surface area is 121 Å². The summed E-state index contributed by atoms with van der Waals surface area (Å²) >= 11 is 0. The van der Waals surface area contributed by atoms with Crippen molar-refractivity contribution < 1.29 is 19.4 Å². The Morgan fingerprint density at radius 2 is 2.14 bits per heavy atom. The minimum absolute atomic E-state index is 0.238. The summed E-state index contributed by atoms with van der Waals surface area (Å²) in [5.74, 6) is 0.174. The van der Waals surface area contributed by atoms with Gasteiger partial charge < -0.3 is 14.6 Å². The van der Waals surface area contributed by atoms with Crippen molar-refractivity contribution in [2.75, 3.05) is 6.54 Å². The number of carboxylic acids is 1. The fourth-order valence-corrected chi connectivity index (χ4v) is 2.60. The lowest BCUT2D eigenvalue weighted by molar-refractivity contribution is -0.142. The molecule has 0 saturated carbocycles. The lowest BCUT2D eigenvalue weighted by atomic mass is 10.2. The molecule has 0 spiro atoms. The van der Waals surface area contributed by atoms with Gasteiger partial charge >= 0.3 is 5.97 Å². The molecule has 1 aliphatic rings. The van der Waals surface area contributed by atoms with Crippen molar-refractivity contribution in [3.63, 3.8) is 0 Å². The molecule has 0 bridgehead atoms. The number of aromatic nitrogens is 1. The summed E-state index contributed by atoms with van der Waals surface area (Å²) in [6.45, 7) is 0.598. The molecule has 0 aliphatic carbocycles. The summed E-state index contributed by atoms with van der Waals surface area (Å²) in [5, 5.41) is 18.8. The van der Waals surface area contributed by atoms with Gasteiger partial charge in [0.25, 0.3) is 0 Å². The van der Waals surface area contributed by atoms with E-state index in [-0.39, 0.29) is 13.0 Å². The second-order valence-electron chi connectivity index (χ2n) is 5.16. The molecular formula is C15H16N2O4. The van der Waals surface area contributed by atoms with Gasteiger partial charge in [0.1, 0.15) is 6.04 Å². The molecule has 2 N–H and O–H groups in total. The van der Waals surface area contributed by atoms with Crippen molar-refractivity contribution in [3.8, 4) is 11.3 Å². The Bertz CT molecular complexity index is 626. The van der Waals surface area contributed by atoms with Crippen molar-refractivity contribution >= 4 is 5.97 Å². The second-order valence-corrected chi connectivity index (χ2v) is 5.16. The SMILES string of the molecule is O=C(O)C1CC(O)CN1Cc1ncc(-c2ccccc2)o1. The highest BCUT2D eigenvalue weighted by molar-refractivity contribution is 5.74. The quantitative estimate of drug-likeness (QED) is 0.883. The summed E-state index contributed by atoms with van der Waals surface area (Å²) in [6, 6.07) is 8.90. The topological polar surface area (TPSA) is 86.8 Å². The van der Waals surface area contributed by atoms with E-state index < -0.39 is 18.1 Å². The number of likely N-dealkylation sites (tertiary alicyclic amines) is 1. The van der Waals surface area contributed by atoms with Gasteiger partial charge in [-0.3, -0.25) is 9.69 Å². The maximum absolute atomic E-state index is 11.2. The summed E-state index contributed by atoms with van der Waals surface area (Å²) in [5.41, 5.74) is 0.924. The fourth-order valence-electron chi connectivity index (χ4n) is 2.60. The minimum Gasteiger partial charge on any atom is -0.480 e. The number of hydrogen-bond acceptors (Lipinski definition) is 5. The third kappa shape index (κ3) is 2.96. The van der Waals surface area contributed by atoms with Gasteiger partial charge in [-0.15, -0.1) is 0 Å². The molecular weight excluding hydrogens is 272 g/mol. The lowest BCUT2D eigenvalue weighted by Gasteiger charge is -2.18. The van der Waals surface area contributed by atoms with Crippen molar-refractivity contribution in [2.45, 2.75) is 25.1 Å². The maximum Gasteiger partial charge on any atom is 0.321 e. The predicted octanol–water partition coefficient (Wildman–Crippen LogP) is 1.36. The van der Waals surface area contributed by atoms with E-state index in [2.05, 4.69) is 4.98 Å². The van der Waals surface area contributed by atoms with Gasteiger partial charge in [-0.2, -0.15) is 0 Å². The molecule has 21 heavy (non-hydrogen) atoms. The molecule has 0 radical (unpaired) electrons. The van der Waals surface area contributed by atoms with E-state index in [0.29, 0.717) is 18.2 Å². The van der Waals surface area contributed by atoms with Crippen LogP contribution in [0.2, 0.25) is 0 Å². The van der Waals surface area contributed by atoms with Crippen LogP contribution >= 0.6 is 0 Å². The molecule has 1 aromatic carbocycles. The van der Waals surface area contributed by atoms with Gasteiger partial charge in [0, 0.05) is 18.5 Å². The maximum atomic E-state index is 11.2. The molecule has 0 amide bonds. The van der Waals surface area contributed by atoms with E-state index in [0.717, 1.165) is 5.56 Å². The number of carboxylic acid groups (broad SMARTS) is 1. The Kier molecular flexibility index (Phi) is 3.72. The molecule has 6 nitrogen and oxygen atoms in total. The summed E-state index contributed by atoms with van der Waals surface area (Å²) in [4.78, 5) is 17.0. The van der Waals surface area contributed by atoms with Crippen molar-refractivity contribution in [1.82, 2.24) is 9.88 Å². The number of oxazole rings is 1. The minimum atomic E-state index is -0.929. The van der Waals surface area contributed by atoms with Crippen LogP contribution in [0, 0.1) is 0 Å². The standard InChI is InChI=1S/C15H16N2O4/c18-11-6-12(15(19)20)17(8-11)9-14-16-7-13(21-14)10-4-2-1-3-5-10/h1-5,7,11-12,18H,6,8-9H2,(H,19,20). The number of hydrogen-bond donors (Lipinski definition) is 2. The van der Waals surface area contributed by atoms with E-state index in [1.807, 2.05) is 30.3 Å². The Balaban J connectivity index is 1.74. The third-order valence-electron chi connectivity index (χ3n) is 3.62. The molecule has 2 atom stereocenters. The largest absolute Gasteiger partial charge is 0.480 e. The van der Waals surface area contributed by atoms with Crippen LogP contribution in [0.3, 0.4) is 0 Å². The highest BCUT2D eigenvalue weighted by atomic mass is 16.4. The van der Waals surface area contributed by atoms with Crippen LogP contribution in [0.25, 0.3) is 11.3 Å². The van der Waals surface area contributed by atoms with E-state index in [9.17, 15) is 9.90 Å². The molecule has 3 rings (SSSR count). The smallest absolute Gasteiger partial charge is 0.321 e. The van der Waals surface area contributed by atoms with Crippen LogP contribution in [0.4, 0.5) is 0 Å². The first-order chi connectivity index (χ1) is 10.1. The van der Waals surface area contributed by atoms with Crippen LogP contribution in [-0.4, -0.2) is 44.8 Å². The average molecular weight is 288 g/mol. The molecule has 2 heterocycles. The molecule has 1 aliphatic heterocycles. The first kappa shape index (κ1) is 13.8. The summed E-state index contributed by atoms with van der Waals surface area (Å²) < 4.78 is 5.67. The number of carbonyl (C=O) groups is 1. The monoisotopic (exact) mass is 288 g/mol. The van der Waals surface area contributed by atoms with E-state index in [1.165, 1.54) is 0 Å². The molecule has 1 fully saturated rings. The van der Waals surface area contributed by atoms with Crippen LogP contribution in [-0.2, 0) is 11.3 Å². The number of β-amino-alcohol motifs (C(OH)–C–C–N with tert-alkyl or cyclic N) is 1. The summed E-state index contributed by atoms with van der Waals surface area (Å²) in [6.07, 6.45) is 1.25. The van der Waals surface area contributed by atoms with Crippen molar-refractivity contribution in [2.24, 2.45) is 0 Å². The number of rotatable bonds is 4. The lowest BCUT2D eigenvalue weighted by Crippen LogP contribution is -2.35. The van der Waals surface area contributed by atoms with Gasteiger partial charge in [0.05, 0.1) is 18.8 Å². The second kappa shape index (κ2) is 5.67. The van der Waals surface area contributed by atoms with E-state index in [1.54, 1.807) is 11.1 Å². The number of aliphatic carboxylic acids is 1. The number of benzene rings is 1. The first-order valence-electron chi connectivity index (χ1n) is 6.78. The first-order valence-corrected chi connectivity index (χ1v) is 6.78. The van der Waals surface area contributed by atoms with Gasteiger partial charge in [-0.25, -0.2) is 4.98 Å². The van der Waals surface area contributed by atoms with Crippen LogP contribution < -0.4 is 0 Å². The Morgan fingerprint density at radius 3 is 2.86 bits per heavy atom. The zero-order chi connectivity index (χ0) is 14.8. The molecule has 2 unspecified atom stereocenters. The zero-order valence-corrected chi connectivity index (χ0v) is 11.3. The molecule has 6 heteroatoms. The summed E-state index contributed by atoms with van der Waals surface area (Å²) in [7, 11) is 0. The van der Waals surface area contributed by atoms with Gasteiger partial charge in [-0.05, 0) is 0 Å². The molecule has 1 aromatic heterocycles. The number of aliphatic hydroxyl groups excluding tert-OH is 1. The predicted molar refractivity (Wildman–Crippen MR) is 74.4 cm³/mol. The van der Waals surface area contributed by atoms with Gasteiger partial charge in [-0.1, -0.05) is 30.3 Å². The fraction of sp³-hybridized carbons (Fsp3) is 0.333. The molecule has 1 saturated heterocycles. The van der Waals surface area contributed by atoms with Crippen molar-refractivity contribution in [1.29, 1.82) is 0 Å². The van der Waals surface area contributed by atoms with Crippen LogP contribution in [0.15, 0.2) is 40.9 Å². The van der Waals surface area contributed by atoms with Crippen LogP contribution in [0.5, 0.6) is 0 Å². The zero-order valence-electron chi connectivity index (χ0n) is 11.3. The molecule has 2 aromatic rings. The number of nitrogens with zero attached hydrogens (tertiary/aromatic N) is 2. The molecule has 110 valence electrons.